The molecule has 26 heavy (non-hydrogen) atoms. The van der Waals surface area contributed by atoms with Gasteiger partial charge in [0.2, 0.25) is 0 Å². The van der Waals surface area contributed by atoms with Crippen LogP contribution in [0.5, 0.6) is 0 Å². The van der Waals surface area contributed by atoms with Crippen molar-refractivity contribution in [1.82, 2.24) is 4.90 Å². The van der Waals surface area contributed by atoms with Gasteiger partial charge in [-0.2, -0.15) is 0 Å². The predicted molar refractivity (Wildman–Crippen MR) is 127 cm³/mol. The van der Waals surface area contributed by atoms with E-state index < -0.39 is 5.60 Å². The third kappa shape index (κ3) is 7.08. The fourth-order valence-electron chi connectivity index (χ4n) is 3.25. The summed E-state index contributed by atoms with van der Waals surface area (Å²) in [4.78, 5) is 3.81. The SMILES string of the molecule is C/C=C\C(C)(C)S/C(=C/C)C(C)C1C=C(C(C)(C)O)C=CN1CC(C)I. The van der Waals surface area contributed by atoms with Crippen molar-refractivity contribution < 1.29 is 5.11 Å². The minimum Gasteiger partial charge on any atom is -0.386 e. The molecule has 3 unspecified atom stereocenters. The zero-order chi connectivity index (χ0) is 20.1. The van der Waals surface area contributed by atoms with Crippen molar-refractivity contribution in [2.45, 2.75) is 75.7 Å². The van der Waals surface area contributed by atoms with Crippen molar-refractivity contribution in [1.29, 1.82) is 0 Å². The molecule has 1 rings (SSSR count). The van der Waals surface area contributed by atoms with E-state index in [2.05, 4.69) is 106 Å². The second-order valence-electron chi connectivity index (χ2n) is 8.15. The van der Waals surface area contributed by atoms with Crippen LogP contribution in [-0.2, 0) is 0 Å². The molecule has 0 bridgehead atoms. The molecular weight excluding hydrogens is 453 g/mol. The number of hydrogen-bond donors (Lipinski definition) is 1. The van der Waals surface area contributed by atoms with Crippen LogP contribution in [0.4, 0.5) is 0 Å². The Morgan fingerprint density at radius 1 is 1.31 bits per heavy atom. The molecule has 0 saturated carbocycles. The molecule has 0 spiro atoms. The zero-order valence-electron chi connectivity index (χ0n) is 17.6. The number of rotatable bonds is 8. The molecule has 148 valence electrons. The number of thioether (sulfide) groups is 1. The van der Waals surface area contributed by atoms with Gasteiger partial charge in [0.1, 0.15) is 0 Å². The van der Waals surface area contributed by atoms with Crippen molar-refractivity contribution in [3.8, 4) is 0 Å². The number of nitrogens with zero attached hydrogens (tertiary/aromatic N) is 1. The van der Waals surface area contributed by atoms with Crippen LogP contribution in [0.15, 0.2) is 47.1 Å². The van der Waals surface area contributed by atoms with E-state index in [0.29, 0.717) is 9.84 Å². The van der Waals surface area contributed by atoms with Gasteiger partial charge in [0.15, 0.2) is 0 Å². The lowest BCUT2D eigenvalue weighted by Crippen LogP contribution is -2.41. The smallest absolute Gasteiger partial charge is 0.0838 e. The average molecular weight is 490 g/mol. The monoisotopic (exact) mass is 489 g/mol. The lowest BCUT2D eigenvalue weighted by atomic mass is 9.88. The van der Waals surface area contributed by atoms with E-state index in [1.807, 2.05) is 25.6 Å². The number of allylic oxidation sites excluding steroid dienone is 2. The molecule has 3 atom stereocenters. The first kappa shape index (κ1) is 23.8. The Kier molecular flexibility index (Phi) is 9.01. The van der Waals surface area contributed by atoms with Crippen LogP contribution in [0, 0.1) is 5.92 Å². The summed E-state index contributed by atoms with van der Waals surface area (Å²) in [5.41, 5.74) is 0.184. The molecule has 1 aliphatic rings. The first-order chi connectivity index (χ1) is 11.9. The van der Waals surface area contributed by atoms with E-state index in [0.717, 1.165) is 12.1 Å². The minimum atomic E-state index is -0.816. The second-order valence-corrected chi connectivity index (χ2v) is 12.0. The highest BCUT2D eigenvalue weighted by atomic mass is 127. The molecule has 0 aromatic rings. The topological polar surface area (TPSA) is 23.5 Å². The van der Waals surface area contributed by atoms with Crippen molar-refractivity contribution in [3.63, 3.8) is 0 Å². The summed E-state index contributed by atoms with van der Waals surface area (Å²) >= 11 is 4.42. The van der Waals surface area contributed by atoms with E-state index in [1.54, 1.807) is 0 Å². The Balaban J connectivity index is 3.17. The Morgan fingerprint density at radius 2 is 1.92 bits per heavy atom. The van der Waals surface area contributed by atoms with Crippen LogP contribution in [0.3, 0.4) is 0 Å². The van der Waals surface area contributed by atoms with Crippen molar-refractivity contribution in [3.05, 3.63) is 47.1 Å². The first-order valence-corrected chi connectivity index (χ1v) is 11.5. The largest absolute Gasteiger partial charge is 0.386 e. The predicted octanol–water partition coefficient (Wildman–Crippen LogP) is 6.33. The number of halogens is 1. The van der Waals surface area contributed by atoms with Gasteiger partial charge in [0.25, 0.3) is 0 Å². The standard InChI is InChI=1S/C22H36INOS/c1-9-12-21(5,6)26-20(10-2)17(4)19-14-18(22(7,8)25)11-13-24(19)15-16(3)23/h9-14,16-17,19,25H,15H2,1-8H3/b12-9-,20-10+. The molecule has 1 heterocycles. The van der Waals surface area contributed by atoms with Crippen LogP contribution in [0.1, 0.15) is 55.4 Å². The summed E-state index contributed by atoms with van der Waals surface area (Å²) in [6.07, 6.45) is 13.1. The van der Waals surface area contributed by atoms with Gasteiger partial charge in [-0.05, 0) is 58.1 Å². The summed E-state index contributed by atoms with van der Waals surface area (Å²) < 4.78 is 0.629. The Hall–Kier alpha value is -0.200. The second kappa shape index (κ2) is 9.83. The maximum atomic E-state index is 10.5. The van der Waals surface area contributed by atoms with Crippen molar-refractivity contribution in [2.24, 2.45) is 5.92 Å². The highest BCUT2D eigenvalue weighted by Gasteiger charge is 2.31. The number of hydrogen-bond acceptors (Lipinski definition) is 3. The van der Waals surface area contributed by atoms with Gasteiger partial charge in [-0.15, -0.1) is 11.8 Å². The normalized spacial score (nSPS) is 21.9. The van der Waals surface area contributed by atoms with Crippen LogP contribution >= 0.6 is 34.4 Å². The van der Waals surface area contributed by atoms with E-state index in [1.165, 1.54) is 4.91 Å². The third-order valence-corrected chi connectivity index (χ3v) is 6.44. The molecule has 0 aromatic heterocycles. The van der Waals surface area contributed by atoms with E-state index in [9.17, 15) is 5.11 Å². The first-order valence-electron chi connectivity index (χ1n) is 9.43. The van der Waals surface area contributed by atoms with Gasteiger partial charge in [-0.1, -0.05) is 60.7 Å². The average Bonchev–Trinajstić information content (AvgIpc) is 2.50. The van der Waals surface area contributed by atoms with Gasteiger partial charge in [-0.3, -0.25) is 0 Å². The van der Waals surface area contributed by atoms with Crippen molar-refractivity contribution >= 4 is 34.4 Å². The van der Waals surface area contributed by atoms with Gasteiger partial charge in [-0.25, -0.2) is 0 Å². The maximum absolute atomic E-state index is 10.5. The fraction of sp³-hybridized carbons (Fsp3) is 0.636. The Bertz CT molecular complexity index is 581. The maximum Gasteiger partial charge on any atom is 0.0838 e. The van der Waals surface area contributed by atoms with E-state index in [-0.39, 0.29) is 10.8 Å². The van der Waals surface area contributed by atoms with E-state index in [4.69, 9.17) is 0 Å². The van der Waals surface area contributed by atoms with Crippen LogP contribution in [0.2, 0.25) is 0 Å². The molecule has 0 radical (unpaired) electrons. The lowest BCUT2D eigenvalue weighted by Gasteiger charge is -2.40. The highest BCUT2D eigenvalue weighted by molar-refractivity contribution is 14.1. The summed E-state index contributed by atoms with van der Waals surface area (Å²) in [7, 11) is 0. The highest BCUT2D eigenvalue weighted by Crippen LogP contribution is 2.40. The summed E-state index contributed by atoms with van der Waals surface area (Å²) in [6, 6.07) is 0.249. The molecule has 1 aliphatic heterocycles. The Morgan fingerprint density at radius 3 is 2.38 bits per heavy atom. The molecule has 0 aromatic carbocycles. The molecule has 0 aliphatic carbocycles. The third-order valence-electron chi connectivity index (χ3n) is 4.54. The molecule has 0 fully saturated rings. The fourth-order valence-corrected chi connectivity index (χ4v) is 4.96. The molecular formula is C22H36INOS. The molecule has 0 amide bonds. The van der Waals surface area contributed by atoms with Crippen molar-refractivity contribution in [2.75, 3.05) is 6.54 Å². The molecule has 0 saturated heterocycles. The zero-order valence-corrected chi connectivity index (χ0v) is 20.6. The summed E-state index contributed by atoms with van der Waals surface area (Å²) in [5.74, 6) is 0.354. The summed E-state index contributed by atoms with van der Waals surface area (Å²) in [6.45, 7) is 18.0. The summed E-state index contributed by atoms with van der Waals surface area (Å²) in [5, 5.41) is 10.5. The molecule has 4 heteroatoms. The number of aliphatic hydroxyl groups is 1. The van der Waals surface area contributed by atoms with Gasteiger partial charge in [0.05, 0.1) is 11.6 Å². The van der Waals surface area contributed by atoms with Gasteiger partial charge < -0.3 is 10.0 Å². The Labute approximate surface area is 179 Å². The van der Waals surface area contributed by atoms with E-state index >= 15 is 0 Å². The lowest BCUT2D eigenvalue weighted by molar-refractivity contribution is 0.120. The minimum absolute atomic E-state index is 0.0690. The van der Waals surface area contributed by atoms with Crippen LogP contribution in [0.25, 0.3) is 0 Å². The molecule has 1 N–H and O–H groups in total. The van der Waals surface area contributed by atoms with Crippen LogP contribution in [-0.4, -0.2) is 36.9 Å². The van der Waals surface area contributed by atoms with Crippen LogP contribution < -0.4 is 0 Å². The van der Waals surface area contributed by atoms with Gasteiger partial charge >= 0.3 is 0 Å². The quantitative estimate of drug-likeness (QED) is 0.245. The van der Waals surface area contributed by atoms with Gasteiger partial charge in [0, 0.05) is 27.3 Å². The number of alkyl halides is 1. The molecule has 2 nitrogen and oxygen atoms in total.